The van der Waals surface area contributed by atoms with E-state index in [1.807, 2.05) is 59.5 Å². The molecule has 0 radical (unpaired) electrons. The van der Waals surface area contributed by atoms with Crippen LogP contribution in [0.5, 0.6) is 5.75 Å². The van der Waals surface area contributed by atoms with Crippen molar-refractivity contribution in [2.75, 3.05) is 26.3 Å². The van der Waals surface area contributed by atoms with Crippen molar-refractivity contribution in [2.45, 2.75) is 37.3 Å². The number of carbonyl (C=O) groups excluding carboxylic acids is 1. The molecular weight excluding hydrogens is 476 g/mol. The van der Waals surface area contributed by atoms with E-state index < -0.39 is 11.6 Å². The van der Waals surface area contributed by atoms with Crippen LogP contribution in [-0.4, -0.2) is 53.7 Å². The normalized spacial score (nSPS) is 20.6. The molecule has 0 spiro atoms. The molecule has 2 atom stereocenters. The summed E-state index contributed by atoms with van der Waals surface area (Å²) in [6, 6.07) is 26.0. The molecule has 2 aliphatic rings. The van der Waals surface area contributed by atoms with Gasteiger partial charge in [0, 0.05) is 38.1 Å². The number of amides is 1. The van der Waals surface area contributed by atoms with Crippen molar-refractivity contribution in [3.8, 4) is 16.9 Å². The second-order valence-electron chi connectivity index (χ2n) is 9.77. The Kier molecular flexibility index (Phi) is 7.89. The van der Waals surface area contributed by atoms with Gasteiger partial charge in [-0.2, -0.15) is 0 Å². The molecule has 1 amide bonds. The number of ether oxygens (including phenoxy) is 2. The van der Waals surface area contributed by atoms with Crippen LogP contribution < -0.4 is 4.74 Å². The van der Waals surface area contributed by atoms with E-state index in [4.69, 9.17) is 19.6 Å². The Labute approximate surface area is 224 Å². The van der Waals surface area contributed by atoms with Gasteiger partial charge in [-0.15, -0.1) is 6.58 Å². The standard InChI is InChI=1S/C32H34N2O4/c1-2-19-32(31(36)34-20-6-7-21-34)29(26-13-11-25(12-14-26)24-9-4-3-5-10-24)38-30(33-32)27-15-17-28(18-16-27)37-23-8-22-35/h2-5,9-18,29,35H,1,6-8,19-23H2/t29-,32-/m1/s1. The molecule has 3 aromatic rings. The fourth-order valence-corrected chi connectivity index (χ4v) is 5.19. The molecule has 6 nitrogen and oxygen atoms in total. The van der Waals surface area contributed by atoms with E-state index in [-0.39, 0.29) is 12.5 Å². The van der Waals surface area contributed by atoms with Crippen LogP contribution in [0, 0.1) is 0 Å². The van der Waals surface area contributed by atoms with Gasteiger partial charge >= 0.3 is 0 Å². The summed E-state index contributed by atoms with van der Waals surface area (Å²) in [4.78, 5) is 21.0. The third kappa shape index (κ3) is 5.22. The minimum Gasteiger partial charge on any atom is -0.494 e. The smallest absolute Gasteiger partial charge is 0.255 e. The summed E-state index contributed by atoms with van der Waals surface area (Å²) in [6.45, 7) is 5.99. The minimum absolute atomic E-state index is 0.00834. The zero-order chi connectivity index (χ0) is 26.4. The molecule has 0 aromatic heterocycles. The van der Waals surface area contributed by atoms with Crippen molar-refractivity contribution >= 4 is 11.8 Å². The summed E-state index contributed by atoms with van der Waals surface area (Å²) in [6.07, 6.45) is 4.15. The Morgan fingerprint density at radius 1 is 1.00 bits per heavy atom. The number of hydrogen-bond donors (Lipinski definition) is 1. The quantitative estimate of drug-likeness (QED) is 0.286. The summed E-state index contributed by atoms with van der Waals surface area (Å²) in [7, 11) is 0. The summed E-state index contributed by atoms with van der Waals surface area (Å²) in [5.41, 5.74) is 2.80. The predicted octanol–water partition coefficient (Wildman–Crippen LogP) is 5.57. The third-order valence-corrected chi connectivity index (χ3v) is 7.18. The van der Waals surface area contributed by atoms with Crippen LogP contribution in [0.15, 0.2) is 96.5 Å². The maximum Gasteiger partial charge on any atom is 0.255 e. The molecule has 38 heavy (non-hydrogen) atoms. The first-order valence-corrected chi connectivity index (χ1v) is 13.3. The van der Waals surface area contributed by atoms with E-state index in [9.17, 15) is 4.79 Å². The highest BCUT2D eigenvalue weighted by molar-refractivity contribution is 6.01. The lowest BCUT2D eigenvalue weighted by molar-refractivity contribution is -0.138. The molecule has 1 N–H and O–H groups in total. The van der Waals surface area contributed by atoms with Crippen LogP contribution in [0.3, 0.4) is 0 Å². The van der Waals surface area contributed by atoms with Gasteiger partial charge in [-0.05, 0) is 53.8 Å². The van der Waals surface area contributed by atoms with Crippen molar-refractivity contribution in [2.24, 2.45) is 4.99 Å². The summed E-state index contributed by atoms with van der Waals surface area (Å²) < 4.78 is 12.2. The fourth-order valence-electron chi connectivity index (χ4n) is 5.19. The van der Waals surface area contributed by atoms with Crippen LogP contribution in [-0.2, 0) is 9.53 Å². The Bertz CT molecular complexity index is 1270. The number of nitrogens with zero attached hydrogens (tertiary/aromatic N) is 2. The van der Waals surface area contributed by atoms with Crippen LogP contribution in [0.1, 0.15) is 42.9 Å². The largest absolute Gasteiger partial charge is 0.494 e. The number of aliphatic hydroxyl groups is 1. The number of hydrogen-bond acceptors (Lipinski definition) is 5. The van der Waals surface area contributed by atoms with Crippen molar-refractivity contribution in [1.82, 2.24) is 4.90 Å². The molecule has 0 aliphatic carbocycles. The van der Waals surface area contributed by atoms with Crippen LogP contribution >= 0.6 is 0 Å². The van der Waals surface area contributed by atoms with Crippen LogP contribution in [0.4, 0.5) is 0 Å². The Morgan fingerprint density at radius 2 is 1.66 bits per heavy atom. The lowest BCUT2D eigenvalue weighted by atomic mass is 9.83. The first-order valence-electron chi connectivity index (χ1n) is 13.3. The van der Waals surface area contributed by atoms with E-state index in [0.717, 1.165) is 48.2 Å². The molecule has 6 heteroatoms. The third-order valence-electron chi connectivity index (χ3n) is 7.18. The van der Waals surface area contributed by atoms with Crippen molar-refractivity contribution < 1.29 is 19.4 Å². The van der Waals surface area contributed by atoms with Gasteiger partial charge in [-0.3, -0.25) is 4.79 Å². The average Bonchev–Trinajstić information content (AvgIpc) is 3.64. The van der Waals surface area contributed by atoms with Gasteiger partial charge in [0.05, 0.1) is 6.61 Å². The molecule has 196 valence electrons. The molecular formula is C32H34N2O4. The molecule has 0 bridgehead atoms. The Balaban J connectivity index is 1.49. The number of benzene rings is 3. The first-order chi connectivity index (χ1) is 18.6. The first kappa shape index (κ1) is 25.7. The lowest BCUT2D eigenvalue weighted by Crippen LogP contribution is -2.49. The van der Waals surface area contributed by atoms with E-state index in [1.165, 1.54) is 0 Å². The van der Waals surface area contributed by atoms with Crippen molar-refractivity contribution in [1.29, 1.82) is 0 Å². The van der Waals surface area contributed by atoms with Crippen LogP contribution in [0.25, 0.3) is 11.1 Å². The second-order valence-corrected chi connectivity index (χ2v) is 9.77. The number of aliphatic imine (C=N–C) groups is 1. The van der Waals surface area contributed by atoms with E-state index in [1.54, 1.807) is 6.08 Å². The monoisotopic (exact) mass is 510 g/mol. The lowest BCUT2D eigenvalue weighted by Gasteiger charge is -2.33. The Hall–Kier alpha value is -3.90. The van der Waals surface area contributed by atoms with Gasteiger partial charge in [0.25, 0.3) is 5.91 Å². The molecule has 1 saturated heterocycles. The highest BCUT2D eigenvalue weighted by atomic mass is 16.5. The number of carbonyl (C=O) groups is 1. The van der Waals surface area contributed by atoms with Gasteiger partial charge in [0.1, 0.15) is 5.75 Å². The summed E-state index contributed by atoms with van der Waals surface area (Å²) in [5, 5.41) is 8.99. The molecule has 3 aromatic carbocycles. The average molecular weight is 511 g/mol. The Morgan fingerprint density at radius 3 is 2.32 bits per heavy atom. The highest BCUT2D eigenvalue weighted by Gasteiger charge is 2.54. The van der Waals surface area contributed by atoms with E-state index in [2.05, 4.69) is 30.8 Å². The van der Waals surface area contributed by atoms with Gasteiger partial charge in [0.2, 0.25) is 5.90 Å². The predicted molar refractivity (Wildman–Crippen MR) is 149 cm³/mol. The number of likely N-dealkylation sites (tertiary alicyclic amines) is 1. The fraction of sp³-hybridized carbons (Fsp3) is 0.312. The zero-order valence-corrected chi connectivity index (χ0v) is 21.6. The summed E-state index contributed by atoms with van der Waals surface area (Å²) in [5.74, 6) is 1.14. The highest BCUT2D eigenvalue weighted by Crippen LogP contribution is 2.44. The van der Waals surface area contributed by atoms with Gasteiger partial charge < -0.3 is 19.5 Å². The summed E-state index contributed by atoms with van der Waals surface area (Å²) >= 11 is 0. The molecule has 2 aliphatic heterocycles. The number of rotatable bonds is 10. The topological polar surface area (TPSA) is 71.4 Å². The van der Waals surface area contributed by atoms with Crippen molar-refractivity contribution in [3.05, 3.63) is 103 Å². The molecule has 1 fully saturated rings. The maximum absolute atomic E-state index is 14.1. The second kappa shape index (κ2) is 11.7. The molecule has 2 heterocycles. The SMILES string of the molecule is C=CC[C@@]1(C(=O)N2CCCC2)N=C(c2ccc(OCCCO)cc2)O[C@@H]1c1ccc(-c2ccccc2)cc1. The zero-order valence-electron chi connectivity index (χ0n) is 21.6. The maximum atomic E-state index is 14.1. The van der Waals surface area contributed by atoms with E-state index in [0.29, 0.717) is 31.1 Å². The van der Waals surface area contributed by atoms with Gasteiger partial charge in [-0.1, -0.05) is 60.7 Å². The van der Waals surface area contributed by atoms with Crippen LogP contribution in [0.2, 0.25) is 0 Å². The van der Waals surface area contributed by atoms with Crippen molar-refractivity contribution in [3.63, 3.8) is 0 Å². The van der Waals surface area contributed by atoms with E-state index >= 15 is 0 Å². The minimum atomic E-state index is -1.12. The van der Waals surface area contributed by atoms with Gasteiger partial charge in [-0.25, -0.2) is 4.99 Å². The molecule has 0 saturated carbocycles. The number of aliphatic hydroxyl groups excluding tert-OH is 1. The van der Waals surface area contributed by atoms with Gasteiger partial charge in [0.15, 0.2) is 11.6 Å². The molecule has 0 unspecified atom stereocenters. The molecule has 5 rings (SSSR count).